The molecule has 2 aromatic carbocycles. The summed E-state index contributed by atoms with van der Waals surface area (Å²) in [5.74, 6) is -0.645. The molecule has 4 aromatic rings. The van der Waals surface area contributed by atoms with Crippen LogP contribution in [0.3, 0.4) is 0 Å². The molecule has 0 unspecified atom stereocenters. The summed E-state index contributed by atoms with van der Waals surface area (Å²) in [4.78, 5) is 76.5. The third-order valence-electron chi connectivity index (χ3n) is 12.2. The normalized spacial score (nSPS) is 20.4. The smallest absolute Gasteiger partial charge is 0.408 e. The first-order chi connectivity index (χ1) is 34.1. The summed E-state index contributed by atoms with van der Waals surface area (Å²) in [5.41, 5.74) is -3.19. The van der Waals surface area contributed by atoms with E-state index in [9.17, 15) is 32.4 Å². The van der Waals surface area contributed by atoms with Gasteiger partial charge in [-0.05, 0) is 122 Å². The van der Waals surface area contributed by atoms with Gasteiger partial charge in [0.1, 0.15) is 46.6 Å². The molecule has 23 heteroatoms. The molecule has 1 aliphatic heterocycles. The van der Waals surface area contributed by atoms with Crippen LogP contribution in [0.4, 0.5) is 4.79 Å². The average Bonchev–Trinajstić information content (AvgIpc) is 4.16. The topological polar surface area (TPSA) is 252 Å². The molecule has 1 saturated heterocycles. The van der Waals surface area contributed by atoms with Gasteiger partial charge in [-0.2, -0.15) is 8.42 Å². The Morgan fingerprint density at radius 2 is 1.58 bits per heavy atom. The highest BCUT2D eigenvalue weighted by Gasteiger charge is 2.62. The number of nitrogens with zero attached hydrogens (tertiary/aromatic N) is 2. The number of methoxy groups -OCH3 is 2. The molecule has 4 amide bonds. The van der Waals surface area contributed by atoms with Crippen molar-refractivity contribution in [3.63, 3.8) is 0 Å². The summed E-state index contributed by atoms with van der Waals surface area (Å²) in [5, 5.41) is 6.64. The number of H-pyrrole nitrogens is 1. The number of carbonyl (C=O) groups excluding carboxylic acids is 4. The zero-order valence-electron chi connectivity index (χ0n) is 42.8. The lowest BCUT2D eigenvalue weighted by Crippen LogP contribution is -2.60. The zero-order chi connectivity index (χ0) is 54.0. The molecule has 20 nitrogen and oxygen atoms in total. The predicted molar refractivity (Wildman–Crippen MR) is 279 cm³/mol. The van der Waals surface area contributed by atoms with Gasteiger partial charge in [-0.1, -0.05) is 26.8 Å². The molecule has 4 N–H and O–H groups in total. The number of carbonyl (C=O) groups is 4. The highest BCUT2D eigenvalue weighted by Crippen LogP contribution is 2.46. The quantitative estimate of drug-likeness (QED) is 0.0753. The number of aromatic amines is 1. The number of amides is 4. The lowest BCUT2D eigenvalue weighted by molar-refractivity contribution is -0.143. The number of pyridine rings is 2. The van der Waals surface area contributed by atoms with Gasteiger partial charge in [0, 0.05) is 35.2 Å². The fourth-order valence-electron chi connectivity index (χ4n) is 8.18. The molecular weight excluding hydrogens is 1100 g/mol. The molecule has 5 atom stereocenters. The number of rotatable bonds is 17. The number of nitrogens with one attached hydrogen (secondary N) is 4. The van der Waals surface area contributed by atoms with Crippen LogP contribution in [0.15, 0.2) is 62.8 Å². The molecule has 73 heavy (non-hydrogen) atoms. The molecule has 3 aliphatic rings. The van der Waals surface area contributed by atoms with Gasteiger partial charge in [0.15, 0.2) is 11.3 Å². The second-order valence-electron chi connectivity index (χ2n) is 20.2. The van der Waals surface area contributed by atoms with E-state index in [2.05, 4.69) is 59.0 Å². The van der Waals surface area contributed by atoms with Gasteiger partial charge in [-0.3, -0.25) is 19.2 Å². The largest absolute Gasteiger partial charge is 0.495 e. The number of halogens is 2. The van der Waals surface area contributed by atoms with Crippen LogP contribution in [0.1, 0.15) is 88.0 Å². The number of alkyl carbamates (subject to hydrolysis) is 1. The van der Waals surface area contributed by atoms with Gasteiger partial charge in [0.05, 0.1) is 59.6 Å². The van der Waals surface area contributed by atoms with Gasteiger partial charge in [0.2, 0.25) is 17.7 Å². The van der Waals surface area contributed by atoms with Crippen LogP contribution in [0.25, 0.3) is 21.8 Å². The second kappa shape index (κ2) is 22.1. The van der Waals surface area contributed by atoms with Crippen LogP contribution < -0.4 is 44.5 Å². The molecule has 398 valence electrons. The average molecular weight is 1160 g/mol. The van der Waals surface area contributed by atoms with E-state index < -0.39 is 80.4 Å². The number of aromatic nitrogens is 2. The van der Waals surface area contributed by atoms with Gasteiger partial charge >= 0.3 is 16.4 Å². The minimum absolute atomic E-state index is 0.0395. The van der Waals surface area contributed by atoms with E-state index in [1.54, 1.807) is 85.9 Å². The monoisotopic (exact) mass is 1160 g/mol. The van der Waals surface area contributed by atoms with Crippen molar-refractivity contribution in [1.82, 2.24) is 30.2 Å². The molecule has 2 aliphatic carbocycles. The van der Waals surface area contributed by atoms with E-state index in [0.717, 1.165) is 4.47 Å². The third kappa shape index (κ3) is 13.4. The molecular formula is C50H64Br2N6O14S. The number of fused-ring (bicyclic) bond motifs is 2. The van der Waals surface area contributed by atoms with E-state index in [0.29, 0.717) is 75.5 Å². The van der Waals surface area contributed by atoms with Crippen molar-refractivity contribution < 1.29 is 60.2 Å². The minimum Gasteiger partial charge on any atom is -0.495 e. The highest BCUT2D eigenvalue weighted by atomic mass is 79.9. The van der Waals surface area contributed by atoms with E-state index in [1.165, 1.54) is 24.2 Å². The van der Waals surface area contributed by atoms with Crippen LogP contribution in [0, 0.1) is 11.3 Å². The summed E-state index contributed by atoms with van der Waals surface area (Å²) in [6.07, 6.45) is 0.898. The van der Waals surface area contributed by atoms with Crippen LogP contribution in [-0.4, -0.2) is 116 Å². The Balaban J connectivity index is 0.000000429. The molecule has 0 radical (unpaired) electrons. The van der Waals surface area contributed by atoms with Crippen LogP contribution in [0.2, 0.25) is 0 Å². The summed E-state index contributed by atoms with van der Waals surface area (Å²) < 4.78 is 67.8. The number of hydrogen-bond acceptors (Lipinski definition) is 15. The van der Waals surface area contributed by atoms with E-state index >= 15 is 0 Å². The summed E-state index contributed by atoms with van der Waals surface area (Å²) in [7, 11) is -1.40. The standard InChI is InChI=1S/C38H52BrN5O11S.C12H12BrNO3/c1-11-21-19-38(21,33(47)43-56(49,50)55-37(9)15-16-37)42-31(45)24-17-22(20-44(24)32(46)30(35(3,4)5)41-34(48)54-36(6,7)8)53-26-18-27(52-12-2)40-29-23(26)13-14-25(51-10)28(29)39;1-3-17-10-6-8(15)7-4-5-9(16-2)11(13)12(7)14-10/h11,13-14,18,21-22,24,30H,1,12,15-17,19-20H2,2-10H3,(H,41,48)(H,42,45)(H,43,47);4-6H,3H2,1-2H3,(H,14,15)/t21-,22-,24+,30-,38-;/m1./s1. The van der Waals surface area contributed by atoms with E-state index in [-0.39, 0.29) is 30.7 Å². The molecule has 7 rings (SSSR count). The van der Waals surface area contributed by atoms with Crippen LogP contribution in [0.5, 0.6) is 29.0 Å². The fourth-order valence-corrected chi connectivity index (χ4v) is 10.5. The van der Waals surface area contributed by atoms with Crippen molar-refractivity contribution in [3.8, 4) is 29.0 Å². The van der Waals surface area contributed by atoms with Gasteiger partial charge in [-0.15, -0.1) is 6.58 Å². The van der Waals surface area contributed by atoms with Crippen molar-refractivity contribution in [2.45, 2.75) is 123 Å². The molecule has 0 spiro atoms. The second-order valence-corrected chi connectivity index (χ2v) is 23.0. The van der Waals surface area contributed by atoms with Gasteiger partial charge < -0.3 is 48.9 Å². The highest BCUT2D eigenvalue weighted by molar-refractivity contribution is 9.11. The first-order valence-electron chi connectivity index (χ1n) is 23.6. The van der Waals surface area contributed by atoms with Crippen molar-refractivity contribution in [3.05, 3.63) is 68.2 Å². The Morgan fingerprint density at radius 3 is 2.14 bits per heavy atom. The van der Waals surface area contributed by atoms with E-state index in [1.807, 2.05) is 18.6 Å². The maximum atomic E-state index is 14.6. The van der Waals surface area contributed by atoms with E-state index in [4.69, 9.17) is 32.6 Å². The minimum atomic E-state index is -4.51. The van der Waals surface area contributed by atoms with Gasteiger partial charge in [0.25, 0.3) is 5.91 Å². The first-order valence-corrected chi connectivity index (χ1v) is 26.6. The first kappa shape index (κ1) is 56.6. The summed E-state index contributed by atoms with van der Waals surface area (Å²) >= 11 is 6.97. The molecule has 3 heterocycles. The Hall–Kier alpha value is -5.65. The maximum Gasteiger partial charge on any atom is 0.408 e. The van der Waals surface area contributed by atoms with Crippen molar-refractivity contribution in [1.29, 1.82) is 0 Å². The Morgan fingerprint density at radius 1 is 0.945 bits per heavy atom. The SMILES string of the molecule is C=C[C@@H]1C[C@]1(NC(=O)[C@@H]1C[C@@H](Oc2cc(OCC)nc3c(Br)c(OC)ccc23)CN1C(=O)[C@@H](NC(=O)OC(C)(C)C)C(C)(C)C)C(=O)NS(=O)(=O)OC1(C)CC1.CCOc1cc(=O)c2ccc(OC)c(Br)c2[nH]1. The summed E-state index contributed by atoms with van der Waals surface area (Å²) in [6.45, 7) is 20.2. The Kier molecular flexibility index (Phi) is 17.1. The lowest BCUT2D eigenvalue weighted by Gasteiger charge is -2.36. The van der Waals surface area contributed by atoms with Crippen LogP contribution >= 0.6 is 31.9 Å². The molecule has 2 saturated carbocycles. The fraction of sp³-hybridized carbons (Fsp3) is 0.520. The van der Waals surface area contributed by atoms with Crippen molar-refractivity contribution in [2.24, 2.45) is 11.3 Å². The molecule has 0 bridgehead atoms. The van der Waals surface area contributed by atoms with Crippen LogP contribution in [-0.2, 0) is 33.6 Å². The zero-order valence-corrected chi connectivity index (χ0v) is 46.8. The number of hydrogen-bond donors (Lipinski definition) is 4. The Labute approximate surface area is 441 Å². The third-order valence-corrected chi connectivity index (χ3v) is 14.8. The van der Waals surface area contributed by atoms with Gasteiger partial charge in [-0.25, -0.2) is 18.7 Å². The van der Waals surface area contributed by atoms with Crippen molar-refractivity contribution >= 4 is 87.8 Å². The number of likely N-dealkylation sites (tertiary alicyclic amines) is 1. The molecule has 2 aromatic heterocycles. The maximum absolute atomic E-state index is 14.6. The summed E-state index contributed by atoms with van der Waals surface area (Å²) in [6, 6.07) is 7.68. The number of ether oxygens (including phenoxy) is 6. The van der Waals surface area contributed by atoms with Crippen molar-refractivity contribution in [2.75, 3.05) is 34.0 Å². The number of benzene rings is 2. The predicted octanol–water partition coefficient (Wildman–Crippen LogP) is 7.38. The lowest BCUT2D eigenvalue weighted by atomic mass is 9.85. The molecule has 3 fully saturated rings. The Bertz CT molecular complexity index is 2950.